The number of hydrogen-bond donors (Lipinski definition) is 0. The van der Waals surface area contributed by atoms with E-state index in [2.05, 4.69) is 17.1 Å². The van der Waals surface area contributed by atoms with Crippen molar-refractivity contribution in [3.8, 4) is 0 Å². The maximum Gasteiger partial charge on any atom is 0.273 e. The van der Waals surface area contributed by atoms with Crippen molar-refractivity contribution in [1.29, 1.82) is 0 Å². The Labute approximate surface area is 89.7 Å². The first-order valence-electron chi connectivity index (χ1n) is 4.96. The molecule has 0 atom stereocenters. The summed E-state index contributed by atoms with van der Waals surface area (Å²) in [5.74, 6) is -0.835. The summed E-state index contributed by atoms with van der Waals surface area (Å²) in [6.07, 6.45) is 0.660. The van der Waals surface area contributed by atoms with Crippen LogP contribution in [0.2, 0.25) is 0 Å². The standard InChI is InChI=1S/C12H15NO2/c1-9-11-7-5-4-6-10(11)8-12(13-9,14-2)15-3/h4-7H,8H2,1-3H3. The number of benzene rings is 1. The van der Waals surface area contributed by atoms with Gasteiger partial charge >= 0.3 is 0 Å². The summed E-state index contributed by atoms with van der Waals surface area (Å²) < 4.78 is 10.7. The van der Waals surface area contributed by atoms with Gasteiger partial charge in [-0.1, -0.05) is 24.3 Å². The minimum absolute atomic E-state index is 0.660. The van der Waals surface area contributed by atoms with Crippen LogP contribution >= 0.6 is 0 Å². The van der Waals surface area contributed by atoms with Crippen LogP contribution in [-0.4, -0.2) is 25.8 Å². The molecule has 0 saturated carbocycles. The zero-order chi connectivity index (χ0) is 10.9. The number of aliphatic imine (C=N–C) groups is 1. The average molecular weight is 205 g/mol. The topological polar surface area (TPSA) is 30.8 Å². The average Bonchev–Trinajstić information content (AvgIpc) is 2.29. The van der Waals surface area contributed by atoms with Crippen LogP contribution in [0.15, 0.2) is 29.3 Å². The summed E-state index contributed by atoms with van der Waals surface area (Å²) in [6.45, 7) is 1.98. The Morgan fingerprint density at radius 1 is 1.20 bits per heavy atom. The normalized spacial score (nSPS) is 18.2. The number of ether oxygens (including phenoxy) is 2. The van der Waals surface area contributed by atoms with E-state index in [1.165, 1.54) is 11.1 Å². The monoisotopic (exact) mass is 205 g/mol. The van der Waals surface area contributed by atoms with Crippen molar-refractivity contribution in [2.24, 2.45) is 4.99 Å². The number of hydrogen-bond acceptors (Lipinski definition) is 3. The van der Waals surface area contributed by atoms with Crippen LogP contribution in [0, 0.1) is 0 Å². The van der Waals surface area contributed by atoms with E-state index in [1.54, 1.807) is 14.2 Å². The van der Waals surface area contributed by atoms with Crippen molar-refractivity contribution in [2.45, 2.75) is 19.3 Å². The Balaban J connectivity index is 2.48. The van der Waals surface area contributed by atoms with Crippen LogP contribution in [0.4, 0.5) is 0 Å². The molecule has 3 nitrogen and oxygen atoms in total. The zero-order valence-electron chi connectivity index (χ0n) is 9.28. The SMILES string of the molecule is COC1(OC)Cc2ccccc2C(C)=N1. The maximum atomic E-state index is 5.35. The molecule has 1 aromatic carbocycles. The van der Waals surface area contributed by atoms with Crippen LogP contribution in [0.1, 0.15) is 18.1 Å². The highest BCUT2D eigenvalue weighted by atomic mass is 16.7. The second-order valence-corrected chi connectivity index (χ2v) is 3.65. The fraction of sp³-hybridized carbons (Fsp3) is 0.417. The molecule has 1 aromatic rings. The van der Waals surface area contributed by atoms with Gasteiger partial charge in [0.15, 0.2) is 0 Å². The van der Waals surface area contributed by atoms with E-state index in [9.17, 15) is 0 Å². The molecule has 2 rings (SSSR count). The van der Waals surface area contributed by atoms with Gasteiger partial charge in [-0.2, -0.15) is 0 Å². The Bertz CT molecular complexity index is 394. The molecule has 0 bridgehead atoms. The third-order valence-corrected chi connectivity index (χ3v) is 2.80. The lowest BCUT2D eigenvalue weighted by molar-refractivity contribution is -0.199. The molecule has 0 N–H and O–H groups in total. The highest BCUT2D eigenvalue weighted by molar-refractivity contribution is 6.01. The minimum Gasteiger partial charge on any atom is -0.335 e. The number of fused-ring (bicyclic) bond motifs is 1. The third kappa shape index (κ3) is 1.68. The highest BCUT2D eigenvalue weighted by Gasteiger charge is 2.34. The number of methoxy groups -OCH3 is 2. The van der Waals surface area contributed by atoms with Crippen LogP contribution in [0.5, 0.6) is 0 Å². The first kappa shape index (κ1) is 10.3. The van der Waals surface area contributed by atoms with E-state index in [4.69, 9.17) is 9.47 Å². The van der Waals surface area contributed by atoms with Gasteiger partial charge in [0.25, 0.3) is 5.91 Å². The summed E-state index contributed by atoms with van der Waals surface area (Å²) in [5, 5.41) is 0. The molecule has 15 heavy (non-hydrogen) atoms. The fourth-order valence-corrected chi connectivity index (χ4v) is 1.94. The van der Waals surface area contributed by atoms with Gasteiger partial charge in [-0.15, -0.1) is 0 Å². The van der Waals surface area contributed by atoms with Gasteiger partial charge < -0.3 is 9.47 Å². The second kappa shape index (κ2) is 3.76. The van der Waals surface area contributed by atoms with E-state index in [-0.39, 0.29) is 0 Å². The molecule has 0 radical (unpaired) electrons. The van der Waals surface area contributed by atoms with E-state index >= 15 is 0 Å². The summed E-state index contributed by atoms with van der Waals surface area (Å²) >= 11 is 0. The minimum atomic E-state index is -0.835. The van der Waals surface area contributed by atoms with Crippen molar-refractivity contribution < 1.29 is 9.47 Å². The van der Waals surface area contributed by atoms with Gasteiger partial charge in [0.2, 0.25) is 0 Å². The van der Waals surface area contributed by atoms with Crippen LogP contribution in [0.25, 0.3) is 0 Å². The molecule has 0 fully saturated rings. The molecule has 80 valence electrons. The van der Waals surface area contributed by atoms with E-state index in [0.717, 1.165) is 5.71 Å². The largest absolute Gasteiger partial charge is 0.335 e. The summed E-state index contributed by atoms with van der Waals surface area (Å²) in [4.78, 5) is 4.46. The van der Waals surface area contributed by atoms with Gasteiger partial charge in [0.05, 0.1) is 6.42 Å². The Morgan fingerprint density at radius 3 is 2.53 bits per heavy atom. The highest BCUT2D eigenvalue weighted by Crippen LogP contribution is 2.28. The second-order valence-electron chi connectivity index (χ2n) is 3.65. The summed E-state index contributed by atoms with van der Waals surface area (Å²) in [5.41, 5.74) is 3.36. The van der Waals surface area contributed by atoms with E-state index < -0.39 is 5.91 Å². The van der Waals surface area contributed by atoms with Gasteiger partial charge in [-0.25, -0.2) is 4.99 Å². The number of rotatable bonds is 2. The zero-order valence-corrected chi connectivity index (χ0v) is 9.28. The van der Waals surface area contributed by atoms with Crippen molar-refractivity contribution in [1.82, 2.24) is 0 Å². The molecule has 1 aliphatic rings. The Hall–Kier alpha value is -1.19. The summed E-state index contributed by atoms with van der Waals surface area (Å²) in [7, 11) is 3.24. The van der Waals surface area contributed by atoms with Gasteiger partial charge in [-0.3, -0.25) is 0 Å². The van der Waals surface area contributed by atoms with Crippen molar-refractivity contribution in [3.63, 3.8) is 0 Å². The molecule has 0 aromatic heterocycles. The molecule has 0 unspecified atom stereocenters. The quantitative estimate of drug-likeness (QED) is 0.691. The molecule has 0 saturated heterocycles. The molecular formula is C12H15NO2. The molecule has 0 spiro atoms. The molecule has 3 heteroatoms. The number of nitrogens with zero attached hydrogens (tertiary/aromatic N) is 1. The van der Waals surface area contributed by atoms with Crippen molar-refractivity contribution in [2.75, 3.05) is 14.2 Å². The molecule has 1 aliphatic heterocycles. The lowest BCUT2D eigenvalue weighted by atomic mass is 9.96. The molecule has 1 heterocycles. The molecule has 0 aliphatic carbocycles. The van der Waals surface area contributed by atoms with Gasteiger partial charge in [-0.05, 0) is 18.1 Å². The predicted octanol–water partition coefficient (Wildman–Crippen LogP) is 2.00. The summed E-state index contributed by atoms with van der Waals surface area (Å²) in [6, 6.07) is 8.20. The van der Waals surface area contributed by atoms with E-state index in [1.807, 2.05) is 19.1 Å². The van der Waals surface area contributed by atoms with Crippen LogP contribution < -0.4 is 0 Å². The third-order valence-electron chi connectivity index (χ3n) is 2.80. The van der Waals surface area contributed by atoms with Crippen molar-refractivity contribution in [3.05, 3.63) is 35.4 Å². The fourth-order valence-electron chi connectivity index (χ4n) is 1.94. The predicted molar refractivity (Wildman–Crippen MR) is 59.1 cm³/mol. The van der Waals surface area contributed by atoms with Gasteiger partial charge in [0.1, 0.15) is 0 Å². The lowest BCUT2D eigenvalue weighted by Crippen LogP contribution is -2.38. The smallest absolute Gasteiger partial charge is 0.273 e. The first-order chi connectivity index (χ1) is 7.21. The molecular weight excluding hydrogens is 190 g/mol. The van der Waals surface area contributed by atoms with Crippen LogP contribution in [-0.2, 0) is 15.9 Å². The van der Waals surface area contributed by atoms with Crippen molar-refractivity contribution >= 4 is 5.71 Å². The van der Waals surface area contributed by atoms with Crippen LogP contribution in [0.3, 0.4) is 0 Å². The lowest BCUT2D eigenvalue weighted by Gasteiger charge is -2.31. The molecule has 0 amide bonds. The van der Waals surface area contributed by atoms with E-state index in [0.29, 0.717) is 6.42 Å². The Kier molecular flexibility index (Phi) is 2.59. The first-order valence-corrected chi connectivity index (χ1v) is 4.96. The van der Waals surface area contributed by atoms with Gasteiger partial charge in [0, 0.05) is 19.9 Å². The maximum absolute atomic E-state index is 5.35. The Morgan fingerprint density at radius 2 is 1.87 bits per heavy atom.